The fraction of sp³-hybridized carbons (Fsp3) is 0.125. The summed E-state index contributed by atoms with van der Waals surface area (Å²) in [4.78, 5) is 14.4. The number of carboxylic acid groups (broad SMARTS) is 1. The van der Waals surface area contributed by atoms with Gasteiger partial charge in [0.15, 0.2) is 0 Å². The Morgan fingerprint density at radius 1 is 1.58 bits per heavy atom. The third kappa shape index (κ3) is 2.82. The molecule has 0 aliphatic rings. The molecule has 0 spiro atoms. The Kier molecular flexibility index (Phi) is 3.40. The first kappa shape index (κ1) is 13.3. The maximum Gasteiger partial charge on any atom is 0.336 e. The van der Waals surface area contributed by atoms with Crippen LogP contribution in [-0.2, 0) is 10.0 Å². The first-order valence-electron chi connectivity index (χ1n) is 4.73. The minimum atomic E-state index is -3.91. The lowest BCUT2D eigenvalue weighted by Gasteiger charge is -2.00. The molecule has 0 amide bonds. The highest BCUT2D eigenvalue weighted by Crippen LogP contribution is 2.22. The number of hydrogen-bond acceptors (Lipinski definition) is 7. The SMILES string of the molecule is COc1n[nH]c(NS(=O)(=O)c2cc(C(=O)O)cs2)n1. The van der Waals surface area contributed by atoms with E-state index in [-0.39, 0.29) is 21.7 Å². The number of aromatic carboxylic acids is 1. The van der Waals surface area contributed by atoms with Crippen LogP contribution in [0.5, 0.6) is 6.01 Å². The summed E-state index contributed by atoms with van der Waals surface area (Å²) in [5, 5.41) is 15.9. The van der Waals surface area contributed by atoms with Gasteiger partial charge in [-0.05, 0) is 6.07 Å². The Morgan fingerprint density at radius 2 is 2.32 bits per heavy atom. The molecule has 19 heavy (non-hydrogen) atoms. The van der Waals surface area contributed by atoms with Crippen molar-refractivity contribution in [2.24, 2.45) is 0 Å². The summed E-state index contributed by atoms with van der Waals surface area (Å²) >= 11 is 0.792. The standard InChI is InChI=1S/C8H8N4O5S2/c1-17-8-9-7(10-11-8)12-19(15,16)5-2-4(3-18-5)6(13)14/h2-3H,1H3,(H,13,14)(H2,9,10,11,12). The molecule has 0 saturated carbocycles. The summed E-state index contributed by atoms with van der Waals surface area (Å²) < 4.78 is 30.5. The van der Waals surface area contributed by atoms with Gasteiger partial charge in [-0.25, -0.2) is 23.0 Å². The number of H-pyrrole nitrogens is 1. The highest BCUT2D eigenvalue weighted by atomic mass is 32.2. The summed E-state index contributed by atoms with van der Waals surface area (Å²) in [5.41, 5.74) is -0.0967. The van der Waals surface area contributed by atoms with Crippen LogP contribution in [0.1, 0.15) is 10.4 Å². The van der Waals surface area contributed by atoms with E-state index in [0.717, 1.165) is 17.4 Å². The van der Waals surface area contributed by atoms with Crippen LogP contribution in [0, 0.1) is 0 Å². The van der Waals surface area contributed by atoms with Gasteiger partial charge in [0, 0.05) is 5.38 Å². The van der Waals surface area contributed by atoms with E-state index < -0.39 is 16.0 Å². The molecule has 11 heteroatoms. The van der Waals surface area contributed by atoms with E-state index in [1.165, 1.54) is 12.5 Å². The minimum Gasteiger partial charge on any atom is -0.478 e. The number of anilines is 1. The van der Waals surface area contributed by atoms with Crippen LogP contribution < -0.4 is 9.46 Å². The van der Waals surface area contributed by atoms with Crippen LogP contribution in [0.3, 0.4) is 0 Å². The van der Waals surface area contributed by atoms with Crippen LogP contribution in [0.2, 0.25) is 0 Å². The maximum atomic E-state index is 11.9. The minimum absolute atomic E-state index is 0.0184. The molecule has 0 unspecified atom stereocenters. The molecule has 2 heterocycles. The molecule has 3 N–H and O–H groups in total. The highest BCUT2D eigenvalue weighted by Gasteiger charge is 2.20. The highest BCUT2D eigenvalue weighted by molar-refractivity contribution is 7.94. The second-order valence-corrected chi connectivity index (χ2v) is 6.06. The van der Waals surface area contributed by atoms with Gasteiger partial charge >= 0.3 is 12.0 Å². The monoisotopic (exact) mass is 304 g/mol. The number of aromatic amines is 1. The summed E-state index contributed by atoms with van der Waals surface area (Å²) in [5.74, 6) is -1.32. The normalized spacial score (nSPS) is 11.2. The summed E-state index contributed by atoms with van der Waals surface area (Å²) in [6.45, 7) is 0. The first-order valence-corrected chi connectivity index (χ1v) is 7.09. The lowest BCUT2D eigenvalue weighted by molar-refractivity contribution is 0.0697. The molecule has 9 nitrogen and oxygen atoms in total. The van der Waals surface area contributed by atoms with Crippen molar-refractivity contribution in [3.05, 3.63) is 17.0 Å². The molecule has 0 bridgehead atoms. The Bertz CT molecular complexity index is 704. The predicted octanol–water partition coefficient (Wildman–Crippen LogP) is 0.374. The molecule has 0 aliphatic carbocycles. The number of sulfonamides is 1. The number of aromatic nitrogens is 3. The van der Waals surface area contributed by atoms with Gasteiger partial charge in [-0.1, -0.05) is 0 Å². The third-order valence-electron chi connectivity index (χ3n) is 1.97. The van der Waals surface area contributed by atoms with Gasteiger partial charge in [-0.15, -0.1) is 16.4 Å². The molecule has 2 aromatic heterocycles. The van der Waals surface area contributed by atoms with Gasteiger partial charge in [0.1, 0.15) is 4.21 Å². The van der Waals surface area contributed by atoms with Crippen LogP contribution in [0.25, 0.3) is 0 Å². The number of methoxy groups -OCH3 is 1. The second-order valence-electron chi connectivity index (χ2n) is 3.24. The van der Waals surface area contributed by atoms with Crippen LogP contribution in [0.15, 0.2) is 15.7 Å². The number of hydrogen-bond donors (Lipinski definition) is 3. The van der Waals surface area contributed by atoms with Crippen molar-refractivity contribution in [1.29, 1.82) is 0 Å². The van der Waals surface area contributed by atoms with E-state index in [1.54, 1.807) is 0 Å². The van der Waals surface area contributed by atoms with E-state index in [4.69, 9.17) is 5.11 Å². The lowest BCUT2D eigenvalue weighted by Crippen LogP contribution is -2.12. The van der Waals surface area contributed by atoms with Gasteiger partial charge < -0.3 is 9.84 Å². The summed E-state index contributed by atoms with van der Waals surface area (Å²) in [6.07, 6.45) is 0. The molecule has 2 rings (SSSR count). The van der Waals surface area contributed by atoms with Crippen LogP contribution in [-0.4, -0.2) is 41.8 Å². The molecule has 0 radical (unpaired) electrons. The number of nitrogens with zero attached hydrogens (tertiary/aromatic N) is 2. The van der Waals surface area contributed by atoms with Crippen molar-refractivity contribution in [1.82, 2.24) is 15.2 Å². The maximum absolute atomic E-state index is 11.9. The molecule has 0 fully saturated rings. The quantitative estimate of drug-likeness (QED) is 0.726. The number of carboxylic acids is 1. The Hall–Kier alpha value is -2.14. The molecular formula is C8H8N4O5S2. The van der Waals surface area contributed by atoms with Crippen molar-refractivity contribution in [2.75, 3.05) is 11.8 Å². The number of nitrogens with one attached hydrogen (secondary N) is 2. The molecule has 2 aromatic rings. The number of carbonyl (C=O) groups is 1. The number of rotatable bonds is 5. The molecule has 0 aromatic carbocycles. The van der Waals surface area contributed by atoms with Crippen molar-refractivity contribution in [3.8, 4) is 6.01 Å². The zero-order valence-electron chi connectivity index (χ0n) is 9.45. The Balaban J connectivity index is 2.24. The number of ether oxygens (including phenoxy) is 1. The summed E-state index contributed by atoms with van der Waals surface area (Å²) in [6, 6.07) is 1.04. The first-order chi connectivity index (χ1) is 8.92. The van der Waals surface area contributed by atoms with E-state index >= 15 is 0 Å². The summed E-state index contributed by atoms with van der Waals surface area (Å²) in [7, 11) is -2.57. The Labute approximate surface area is 111 Å². The average molecular weight is 304 g/mol. The van der Waals surface area contributed by atoms with Crippen molar-refractivity contribution in [2.45, 2.75) is 4.21 Å². The van der Waals surface area contributed by atoms with E-state index in [9.17, 15) is 13.2 Å². The molecular weight excluding hydrogens is 296 g/mol. The molecule has 102 valence electrons. The fourth-order valence-corrected chi connectivity index (χ4v) is 3.24. The van der Waals surface area contributed by atoms with Crippen LogP contribution in [0.4, 0.5) is 5.95 Å². The van der Waals surface area contributed by atoms with Gasteiger partial charge in [0.2, 0.25) is 5.95 Å². The molecule has 0 atom stereocenters. The molecule has 0 aliphatic heterocycles. The Morgan fingerprint density at radius 3 is 2.84 bits per heavy atom. The topological polar surface area (TPSA) is 134 Å². The van der Waals surface area contributed by atoms with E-state index in [1.807, 2.05) is 0 Å². The van der Waals surface area contributed by atoms with Gasteiger partial charge in [0.05, 0.1) is 12.7 Å². The fourth-order valence-electron chi connectivity index (χ4n) is 1.13. The predicted molar refractivity (Wildman–Crippen MR) is 65.0 cm³/mol. The van der Waals surface area contributed by atoms with Gasteiger partial charge in [0.25, 0.3) is 10.0 Å². The van der Waals surface area contributed by atoms with Crippen LogP contribution >= 0.6 is 11.3 Å². The van der Waals surface area contributed by atoms with Gasteiger partial charge in [-0.3, -0.25) is 0 Å². The average Bonchev–Trinajstić information content (AvgIpc) is 2.95. The zero-order valence-corrected chi connectivity index (χ0v) is 11.1. The van der Waals surface area contributed by atoms with Gasteiger partial charge in [-0.2, -0.15) is 4.98 Å². The van der Waals surface area contributed by atoms with E-state index in [2.05, 4.69) is 24.6 Å². The zero-order chi connectivity index (χ0) is 14.0. The van der Waals surface area contributed by atoms with Crippen molar-refractivity contribution < 1.29 is 23.1 Å². The largest absolute Gasteiger partial charge is 0.478 e. The number of thiophene rings is 1. The lowest BCUT2D eigenvalue weighted by atomic mass is 10.4. The third-order valence-corrected chi connectivity index (χ3v) is 4.74. The van der Waals surface area contributed by atoms with Crippen molar-refractivity contribution in [3.63, 3.8) is 0 Å². The van der Waals surface area contributed by atoms with E-state index in [0.29, 0.717) is 0 Å². The molecule has 0 saturated heterocycles. The second kappa shape index (κ2) is 4.85. The van der Waals surface area contributed by atoms with Crippen molar-refractivity contribution >= 4 is 33.3 Å². The smallest absolute Gasteiger partial charge is 0.336 e.